The lowest BCUT2D eigenvalue weighted by atomic mass is 10.0. The van der Waals surface area contributed by atoms with Crippen LogP contribution in [0.15, 0.2) is 18.2 Å². The maximum absolute atomic E-state index is 8.87. The Kier molecular flexibility index (Phi) is 4.69. The lowest BCUT2D eigenvalue weighted by molar-refractivity contribution is 0.269. The predicted octanol–water partition coefficient (Wildman–Crippen LogP) is 2.64. The Balaban J connectivity index is 2.96. The van der Waals surface area contributed by atoms with E-state index in [1.54, 1.807) is 12.1 Å². The van der Waals surface area contributed by atoms with Crippen molar-refractivity contribution in [1.82, 2.24) is 5.32 Å². The van der Waals surface area contributed by atoms with Crippen LogP contribution >= 0.6 is 23.2 Å². The third-order valence-electron chi connectivity index (χ3n) is 2.10. The van der Waals surface area contributed by atoms with Gasteiger partial charge in [-0.3, -0.25) is 0 Å². The summed E-state index contributed by atoms with van der Waals surface area (Å²) in [5.74, 6) is 0. The fourth-order valence-electron chi connectivity index (χ4n) is 1.37. The number of benzene rings is 1. The summed E-state index contributed by atoms with van der Waals surface area (Å²) in [6.45, 7) is 0.119. The van der Waals surface area contributed by atoms with Crippen LogP contribution in [0.5, 0.6) is 0 Å². The summed E-state index contributed by atoms with van der Waals surface area (Å²) < 4.78 is 0. The van der Waals surface area contributed by atoms with Gasteiger partial charge in [-0.15, -0.1) is 0 Å². The van der Waals surface area contributed by atoms with Crippen molar-refractivity contribution in [3.63, 3.8) is 0 Å². The van der Waals surface area contributed by atoms with Crippen molar-refractivity contribution in [1.29, 1.82) is 0 Å². The Morgan fingerprint density at radius 1 is 1.43 bits per heavy atom. The lowest BCUT2D eigenvalue weighted by Crippen LogP contribution is -2.18. The Morgan fingerprint density at radius 2 is 2.14 bits per heavy atom. The van der Waals surface area contributed by atoms with Crippen LogP contribution in [0.4, 0.5) is 0 Å². The molecule has 78 valence electrons. The van der Waals surface area contributed by atoms with E-state index in [9.17, 15) is 0 Å². The minimum Gasteiger partial charge on any atom is -0.396 e. The number of rotatable bonds is 4. The van der Waals surface area contributed by atoms with Crippen LogP contribution in [0, 0.1) is 0 Å². The largest absolute Gasteiger partial charge is 0.396 e. The van der Waals surface area contributed by atoms with Gasteiger partial charge in [0.15, 0.2) is 0 Å². The first-order valence-corrected chi connectivity index (χ1v) is 5.17. The predicted molar refractivity (Wildman–Crippen MR) is 60.0 cm³/mol. The van der Waals surface area contributed by atoms with Crippen molar-refractivity contribution >= 4 is 23.2 Å². The average molecular weight is 234 g/mol. The van der Waals surface area contributed by atoms with Crippen molar-refractivity contribution < 1.29 is 5.11 Å². The maximum Gasteiger partial charge on any atom is 0.0454 e. The summed E-state index contributed by atoms with van der Waals surface area (Å²) in [5, 5.41) is 13.3. The van der Waals surface area contributed by atoms with Crippen molar-refractivity contribution in [2.45, 2.75) is 12.5 Å². The molecule has 0 heterocycles. The lowest BCUT2D eigenvalue weighted by Gasteiger charge is -2.16. The van der Waals surface area contributed by atoms with E-state index in [2.05, 4.69) is 5.32 Å². The smallest absolute Gasteiger partial charge is 0.0454 e. The SMILES string of the molecule is CNC(CCO)c1cc(Cl)ccc1Cl. The number of aliphatic hydroxyl groups excluding tert-OH is 1. The third-order valence-corrected chi connectivity index (χ3v) is 2.68. The van der Waals surface area contributed by atoms with Crippen LogP contribution in [-0.2, 0) is 0 Å². The molecule has 1 aromatic carbocycles. The molecule has 1 atom stereocenters. The summed E-state index contributed by atoms with van der Waals surface area (Å²) in [7, 11) is 1.83. The summed E-state index contributed by atoms with van der Waals surface area (Å²) in [6, 6.07) is 5.38. The molecule has 0 bridgehead atoms. The molecule has 0 saturated heterocycles. The highest BCUT2D eigenvalue weighted by Gasteiger charge is 2.12. The molecular formula is C10H13Cl2NO. The van der Waals surface area contributed by atoms with Crippen molar-refractivity contribution in [2.75, 3.05) is 13.7 Å². The quantitative estimate of drug-likeness (QED) is 0.839. The van der Waals surface area contributed by atoms with E-state index in [4.69, 9.17) is 28.3 Å². The first-order chi connectivity index (χ1) is 6.69. The molecule has 4 heteroatoms. The number of nitrogens with one attached hydrogen (secondary N) is 1. The van der Waals surface area contributed by atoms with Gasteiger partial charge in [0.25, 0.3) is 0 Å². The Labute approximate surface area is 93.8 Å². The molecule has 1 aromatic rings. The first-order valence-electron chi connectivity index (χ1n) is 4.42. The number of halogens is 2. The summed E-state index contributed by atoms with van der Waals surface area (Å²) >= 11 is 11.9. The zero-order valence-electron chi connectivity index (χ0n) is 7.93. The van der Waals surface area contributed by atoms with Crippen molar-refractivity contribution in [3.8, 4) is 0 Å². The number of hydrogen-bond acceptors (Lipinski definition) is 2. The Bertz CT molecular complexity index is 304. The van der Waals surface area contributed by atoms with Crippen LogP contribution in [0.2, 0.25) is 10.0 Å². The van der Waals surface area contributed by atoms with E-state index in [1.165, 1.54) is 0 Å². The zero-order valence-corrected chi connectivity index (χ0v) is 9.44. The van der Waals surface area contributed by atoms with Gasteiger partial charge in [0.1, 0.15) is 0 Å². The van der Waals surface area contributed by atoms with Gasteiger partial charge in [0.05, 0.1) is 0 Å². The van der Waals surface area contributed by atoms with Crippen LogP contribution in [-0.4, -0.2) is 18.8 Å². The van der Waals surface area contributed by atoms with Crippen molar-refractivity contribution in [3.05, 3.63) is 33.8 Å². The van der Waals surface area contributed by atoms with Gasteiger partial charge in [-0.2, -0.15) is 0 Å². The monoisotopic (exact) mass is 233 g/mol. The highest BCUT2D eigenvalue weighted by molar-refractivity contribution is 6.33. The zero-order chi connectivity index (χ0) is 10.6. The molecule has 0 aliphatic heterocycles. The summed E-state index contributed by atoms with van der Waals surface area (Å²) in [5.41, 5.74) is 0.927. The van der Waals surface area contributed by atoms with E-state index in [0.717, 1.165) is 5.56 Å². The molecule has 1 unspecified atom stereocenters. The standard InChI is InChI=1S/C10H13Cl2NO/c1-13-10(4-5-14)8-6-7(11)2-3-9(8)12/h2-3,6,10,13-14H,4-5H2,1H3. The van der Waals surface area contributed by atoms with Crippen LogP contribution in [0.3, 0.4) is 0 Å². The molecule has 0 fully saturated rings. The van der Waals surface area contributed by atoms with Gasteiger partial charge in [-0.05, 0) is 37.2 Å². The van der Waals surface area contributed by atoms with Crippen LogP contribution in [0.25, 0.3) is 0 Å². The molecule has 2 nitrogen and oxygen atoms in total. The Hall–Kier alpha value is -0.280. The van der Waals surface area contributed by atoms with Gasteiger partial charge in [-0.25, -0.2) is 0 Å². The third kappa shape index (κ3) is 2.85. The average Bonchev–Trinajstić information content (AvgIpc) is 2.18. The molecule has 14 heavy (non-hydrogen) atoms. The van der Waals surface area contributed by atoms with E-state index in [-0.39, 0.29) is 12.6 Å². The van der Waals surface area contributed by atoms with E-state index < -0.39 is 0 Å². The van der Waals surface area contributed by atoms with Gasteiger partial charge < -0.3 is 10.4 Å². The molecule has 0 aliphatic carbocycles. The van der Waals surface area contributed by atoms with Gasteiger partial charge in [-0.1, -0.05) is 23.2 Å². The Morgan fingerprint density at radius 3 is 2.71 bits per heavy atom. The molecule has 0 aromatic heterocycles. The topological polar surface area (TPSA) is 32.3 Å². The fraction of sp³-hybridized carbons (Fsp3) is 0.400. The molecule has 2 N–H and O–H groups in total. The summed E-state index contributed by atoms with van der Waals surface area (Å²) in [4.78, 5) is 0. The van der Waals surface area contributed by atoms with Gasteiger partial charge in [0, 0.05) is 22.7 Å². The van der Waals surface area contributed by atoms with Crippen LogP contribution < -0.4 is 5.32 Å². The maximum atomic E-state index is 8.87. The fourth-order valence-corrected chi connectivity index (χ4v) is 1.80. The minimum atomic E-state index is 0.0474. The normalized spacial score (nSPS) is 12.9. The summed E-state index contributed by atoms with van der Waals surface area (Å²) in [6.07, 6.45) is 0.622. The van der Waals surface area contributed by atoms with Gasteiger partial charge >= 0.3 is 0 Å². The molecule has 0 spiro atoms. The number of hydrogen-bond donors (Lipinski definition) is 2. The second-order valence-electron chi connectivity index (χ2n) is 3.02. The van der Waals surface area contributed by atoms with E-state index >= 15 is 0 Å². The second kappa shape index (κ2) is 5.56. The van der Waals surface area contributed by atoms with E-state index in [0.29, 0.717) is 16.5 Å². The minimum absolute atomic E-state index is 0.0474. The van der Waals surface area contributed by atoms with E-state index in [1.807, 2.05) is 13.1 Å². The molecule has 0 aliphatic rings. The highest BCUT2D eigenvalue weighted by atomic mass is 35.5. The first kappa shape index (κ1) is 11.8. The number of aliphatic hydroxyl groups is 1. The van der Waals surface area contributed by atoms with Gasteiger partial charge in [0.2, 0.25) is 0 Å². The second-order valence-corrected chi connectivity index (χ2v) is 3.86. The molecule has 0 radical (unpaired) electrons. The van der Waals surface area contributed by atoms with Crippen molar-refractivity contribution in [2.24, 2.45) is 0 Å². The molecule has 1 rings (SSSR count). The molecule has 0 amide bonds. The molecular weight excluding hydrogens is 221 g/mol. The molecule has 0 saturated carbocycles. The highest BCUT2D eigenvalue weighted by Crippen LogP contribution is 2.27. The van der Waals surface area contributed by atoms with Crippen LogP contribution in [0.1, 0.15) is 18.0 Å².